The molecule has 8 nitrogen and oxygen atoms in total. The number of carbonyl (C=O) groups excluding carboxylic acids is 1. The Morgan fingerprint density at radius 1 is 1.47 bits per heavy atom. The number of amides is 1. The quantitative estimate of drug-likeness (QED) is 0.724. The lowest BCUT2D eigenvalue weighted by Crippen LogP contribution is -2.24. The number of hydrogen-bond acceptors (Lipinski definition) is 6. The lowest BCUT2D eigenvalue weighted by molar-refractivity contribution is 0.0949. The largest absolute Gasteiger partial charge is 0.384 e. The fraction of sp³-hybridized carbons (Fsp3) is 0.364. The molecule has 4 N–H and O–H groups in total. The van der Waals surface area contributed by atoms with Gasteiger partial charge in [0.25, 0.3) is 5.91 Å². The maximum Gasteiger partial charge on any atom is 0.251 e. The summed E-state index contributed by atoms with van der Waals surface area (Å²) in [5.74, 6) is 0.698. The van der Waals surface area contributed by atoms with Gasteiger partial charge in [-0.05, 0) is 18.1 Å². The van der Waals surface area contributed by atoms with Gasteiger partial charge in [-0.3, -0.25) is 4.79 Å². The van der Waals surface area contributed by atoms with Crippen molar-refractivity contribution in [1.82, 2.24) is 30.9 Å². The second-order valence-electron chi connectivity index (χ2n) is 4.37. The molecule has 2 heterocycles. The summed E-state index contributed by atoms with van der Waals surface area (Å²) >= 11 is 0. The zero-order valence-corrected chi connectivity index (χ0v) is 10.7. The van der Waals surface area contributed by atoms with E-state index >= 15 is 0 Å². The van der Waals surface area contributed by atoms with Crippen molar-refractivity contribution in [3.8, 4) is 0 Å². The fourth-order valence-electron chi connectivity index (χ4n) is 1.52. The summed E-state index contributed by atoms with van der Waals surface area (Å²) in [6.07, 6.45) is 0. The van der Waals surface area contributed by atoms with Gasteiger partial charge in [-0.1, -0.05) is 19.1 Å². The van der Waals surface area contributed by atoms with Gasteiger partial charge in [0.1, 0.15) is 5.82 Å². The number of nitrogens with one attached hydrogen (secondary N) is 2. The van der Waals surface area contributed by atoms with Crippen molar-refractivity contribution >= 4 is 11.7 Å². The van der Waals surface area contributed by atoms with Gasteiger partial charge in [-0.15, -0.1) is 10.2 Å². The van der Waals surface area contributed by atoms with Gasteiger partial charge in [0.05, 0.1) is 6.54 Å². The lowest BCUT2D eigenvalue weighted by Gasteiger charge is -2.09. The number of nitrogens with two attached hydrogens (primary N) is 1. The molecule has 0 atom stereocenters. The molecule has 0 bridgehead atoms. The highest BCUT2D eigenvalue weighted by Gasteiger charge is 2.11. The van der Waals surface area contributed by atoms with Crippen LogP contribution in [0, 0.1) is 0 Å². The van der Waals surface area contributed by atoms with Crippen LogP contribution in [0.25, 0.3) is 0 Å². The molecule has 0 unspecified atom stereocenters. The summed E-state index contributed by atoms with van der Waals surface area (Å²) in [7, 11) is 0. The van der Waals surface area contributed by atoms with Gasteiger partial charge in [-0.2, -0.15) is 5.21 Å². The molecule has 0 saturated heterocycles. The zero-order chi connectivity index (χ0) is 13.8. The molecule has 0 fully saturated rings. The van der Waals surface area contributed by atoms with Crippen LogP contribution in [0.15, 0.2) is 12.1 Å². The van der Waals surface area contributed by atoms with Crippen LogP contribution in [-0.2, 0) is 6.54 Å². The molecule has 0 radical (unpaired) electrons. The summed E-state index contributed by atoms with van der Waals surface area (Å²) in [5.41, 5.74) is 6.95. The average Bonchev–Trinajstić information content (AvgIpc) is 2.88. The van der Waals surface area contributed by atoms with E-state index in [4.69, 9.17) is 5.73 Å². The third-order valence-electron chi connectivity index (χ3n) is 2.51. The van der Waals surface area contributed by atoms with Crippen LogP contribution in [0.4, 0.5) is 5.82 Å². The van der Waals surface area contributed by atoms with E-state index in [0.717, 1.165) is 5.69 Å². The molecule has 2 aromatic heterocycles. The first-order valence-electron chi connectivity index (χ1n) is 5.84. The van der Waals surface area contributed by atoms with Crippen LogP contribution in [0.3, 0.4) is 0 Å². The predicted octanol–water partition coefficient (Wildman–Crippen LogP) is 0.230. The van der Waals surface area contributed by atoms with Crippen LogP contribution in [-0.4, -0.2) is 31.5 Å². The number of nitrogen functional groups attached to an aromatic ring is 1. The summed E-state index contributed by atoms with van der Waals surface area (Å²) in [6.45, 7) is 4.18. The summed E-state index contributed by atoms with van der Waals surface area (Å²) in [4.78, 5) is 16.2. The summed E-state index contributed by atoms with van der Waals surface area (Å²) < 4.78 is 0. The van der Waals surface area contributed by atoms with Crippen molar-refractivity contribution in [3.63, 3.8) is 0 Å². The molecule has 8 heteroatoms. The maximum absolute atomic E-state index is 12.0. The van der Waals surface area contributed by atoms with E-state index in [2.05, 4.69) is 30.9 Å². The SMILES string of the molecule is CC(C)c1cc(C(=O)NCc2nn[nH]n2)cc(N)n1. The van der Waals surface area contributed by atoms with E-state index in [9.17, 15) is 4.79 Å². The lowest BCUT2D eigenvalue weighted by atomic mass is 10.1. The van der Waals surface area contributed by atoms with Crippen LogP contribution in [0.5, 0.6) is 0 Å². The highest BCUT2D eigenvalue weighted by Crippen LogP contribution is 2.15. The molecule has 2 aromatic rings. The number of tetrazole rings is 1. The normalized spacial score (nSPS) is 10.7. The first kappa shape index (κ1) is 12.9. The second-order valence-corrected chi connectivity index (χ2v) is 4.37. The van der Waals surface area contributed by atoms with Gasteiger partial charge in [0, 0.05) is 11.3 Å². The molecule has 19 heavy (non-hydrogen) atoms. The molecule has 100 valence electrons. The third-order valence-corrected chi connectivity index (χ3v) is 2.51. The first-order valence-corrected chi connectivity index (χ1v) is 5.84. The molecule has 0 aliphatic carbocycles. The minimum Gasteiger partial charge on any atom is -0.384 e. The molecular weight excluding hydrogens is 246 g/mol. The number of nitrogens with zero attached hydrogens (tertiary/aromatic N) is 4. The van der Waals surface area contributed by atoms with E-state index in [0.29, 0.717) is 17.2 Å². The average molecular weight is 261 g/mol. The molecule has 0 aliphatic rings. The van der Waals surface area contributed by atoms with E-state index in [1.807, 2.05) is 13.8 Å². The maximum atomic E-state index is 12.0. The number of carbonyl (C=O) groups is 1. The zero-order valence-electron chi connectivity index (χ0n) is 10.7. The standard InChI is InChI=1S/C11H15N7O/c1-6(2)8-3-7(4-9(12)14-8)11(19)13-5-10-15-17-18-16-10/h3-4,6H,5H2,1-2H3,(H2,12,14)(H,13,19)(H,15,16,17,18). The molecule has 2 rings (SSSR count). The van der Waals surface area contributed by atoms with Crippen molar-refractivity contribution in [1.29, 1.82) is 0 Å². The van der Waals surface area contributed by atoms with E-state index < -0.39 is 0 Å². The van der Waals surface area contributed by atoms with Crippen LogP contribution in [0.2, 0.25) is 0 Å². The monoisotopic (exact) mass is 261 g/mol. The number of aromatic nitrogens is 5. The topological polar surface area (TPSA) is 122 Å². The van der Waals surface area contributed by atoms with E-state index in [1.165, 1.54) is 6.07 Å². The highest BCUT2D eigenvalue weighted by atomic mass is 16.1. The number of rotatable bonds is 4. The van der Waals surface area contributed by atoms with Crippen molar-refractivity contribution in [2.24, 2.45) is 0 Å². The number of aromatic amines is 1. The van der Waals surface area contributed by atoms with Gasteiger partial charge >= 0.3 is 0 Å². The van der Waals surface area contributed by atoms with Gasteiger partial charge in [0.2, 0.25) is 0 Å². The Morgan fingerprint density at radius 3 is 2.89 bits per heavy atom. The molecule has 1 amide bonds. The van der Waals surface area contributed by atoms with Crippen LogP contribution < -0.4 is 11.1 Å². The Bertz CT molecular complexity index is 564. The Morgan fingerprint density at radius 2 is 2.26 bits per heavy atom. The van der Waals surface area contributed by atoms with Gasteiger partial charge in [0.15, 0.2) is 5.82 Å². The number of anilines is 1. The third kappa shape index (κ3) is 3.24. The minimum atomic E-state index is -0.249. The van der Waals surface area contributed by atoms with Gasteiger partial charge in [-0.25, -0.2) is 4.98 Å². The number of hydrogen-bond donors (Lipinski definition) is 3. The molecular formula is C11H15N7O. The van der Waals surface area contributed by atoms with Crippen molar-refractivity contribution in [2.75, 3.05) is 5.73 Å². The van der Waals surface area contributed by atoms with Crippen LogP contribution in [0.1, 0.15) is 41.6 Å². The molecule has 0 aromatic carbocycles. The Kier molecular flexibility index (Phi) is 3.69. The number of pyridine rings is 1. The highest BCUT2D eigenvalue weighted by molar-refractivity contribution is 5.94. The molecule has 0 spiro atoms. The first-order chi connectivity index (χ1) is 9.06. The Labute approximate surface area is 109 Å². The predicted molar refractivity (Wildman–Crippen MR) is 68.1 cm³/mol. The Balaban J connectivity index is 2.10. The summed E-state index contributed by atoms with van der Waals surface area (Å²) in [5, 5.41) is 15.9. The minimum absolute atomic E-state index is 0.201. The van der Waals surface area contributed by atoms with E-state index in [-0.39, 0.29) is 18.4 Å². The molecule has 0 saturated carbocycles. The van der Waals surface area contributed by atoms with Crippen molar-refractivity contribution in [3.05, 3.63) is 29.2 Å². The smallest absolute Gasteiger partial charge is 0.251 e. The molecule has 0 aliphatic heterocycles. The van der Waals surface area contributed by atoms with Crippen molar-refractivity contribution < 1.29 is 4.79 Å². The van der Waals surface area contributed by atoms with E-state index in [1.54, 1.807) is 6.07 Å². The summed E-state index contributed by atoms with van der Waals surface area (Å²) in [6, 6.07) is 3.27. The fourth-order valence-corrected chi connectivity index (χ4v) is 1.52. The van der Waals surface area contributed by atoms with Gasteiger partial charge < -0.3 is 11.1 Å². The second kappa shape index (κ2) is 5.42. The van der Waals surface area contributed by atoms with Crippen LogP contribution >= 0.6 is 0 Å². The number of H-pyrrole nitrogens is 1. The Hall–Kier alpha value is -2.51. The van der Waals surface area contributed by atoms with Crippen molar-refractivity contribution in [2.45, 2.75) is 26.3 Å².